The Hall–Kier alpha value is -0.900. The first-order chi connectivity index (χ1) is 11.5. The maximum Gasteiger partial charge on any atom is 0.312 e. The van der Waals surface area contributed by atoms with Crippen molar-refractivity contribution in [2.75, 3.05) is 18.4 Å². The van der Waals surface area contributed by atoms with Crippen molar-refractivity contribution in [3.05, 3.63) is 25.1 Å². The van der Waals surface area contributed by atoms with E-state index in [0.29, 0.717) is 26.4 Å². The Morgan fingerprint density at radius 3 is 2.76 bits per heavy atom. The number of imidazole rings is 1. The lowest BCUT2D eigenvalue weighted by Gasteiger charge is -2.14. The third-order valence-electron chi connectivity index (χ3n) is 4.63. The van der Waals surface area contributed by atoms with Crippen molar-refractivity contribution in [2.24, 2.45) is 5.92 Å². The molecule has 2 fully saturated rings. The van der Waals surface area contributed by atoms with Crippen LogP contribution in [-0.4, -0.2) is 33.6 Å². The van der Waals surface area contributed by atoms with E-state index < -0.39 is 0 Å². The van der Waals surface area contributed by atoms with Gasteiger partial charge in [0.05, 0.1) is 10.4 Å². The molecule has 2 heterocycles. The van der Waals surface area contributed by atoms with E-state index in [1.807, 2.05) is 6.07 Å². The van der Waals surface area contributed by atoms with Gasteiger partial charge in [0.15, 0.2) is 5.52 Å². The largest absolute Gasteiger partial charge is 0.352 e. The molecule has 1 aliphatic heterocycles. The van der Waals surface area contributed by atoms with Gasteiger partial charge in [-0.15, -0.1) is 12.4 Å². The molecule has 1 atom stereocenters. The van der Waals surface area contributed by atoms with Crippen molar-refractivity contribution in [1.82, 2.24) is 14.9 Å². The van der Waals surface area contributed by atoms with Crippen LogP contribution in [0.1, 0.15) is 19.3 Å². The molecule has 25 heavy (non-hydrogen) atoms. The first-order valence-corrected chi connectivity index (χ1v) is 9.63. The number of halogens is 3. The third-order valence-corrected chi connectivity index (χ3v) is 6.59. The highest BCUT2D eigenvalue weighted by Gasteiger charge is 2.30. The quantitative estimate of drug-likeness (QED) is 0.483. The molecule has 0 radical (unpaired) electrons. The normalized spacial score (nSPS) is 19.8. The first kappa shape index (κ1) is 18.9. The van der Waals surface area contributed by atoms with Crippen LogP contribution in [0.15, 0.2) is 15.0 Å². The van der Waals surface area contributed by atoms with Gasteiger partial charge in [0.25, 0.3) is 0 Å². The lowest BCUT2D eigenvalue weighted by Crippen LogP contribution is -2.24. The van der Waals surface area contributed by atoms with Gasteiger partial charge in [-0.2, -0.15) is 0 Å². The highest BCUT2D eigenvalue weighted by molar-refractivity contribution is 9.13. The Balaban J connectivity index is 0.00000182. The van der Waals surface area contributed by atoms with Crippen LogP contribution < -0.4 is 10.6 Å². The van der Waals surface area contributed by atoms with Gasteiger partial charge in [0, 0.05) is 23.6 Å². The Labute approximate surface area is 167 Å². The fourth-order valence-corrected chi connectivity index (χ4v) is 4.02. The number of nitro groups is 1. The predicted molar refractivity (Wildman–Crippen MR) is 107 cm³/mol. The van der Waals surface area contributed by atoms with Crippen LogP contribution in [0.4, 0.5) is 11.6 Å². The average Bonchev–Trinajstić information content (AvgIpc) is 3.10. The number of hydrogen-bond donors (Lipinski definition) is 2. The summed E-state index contributed by atoms with van der Waals surface area (Å²) >= 11 is 6.75. The molecule has 1 aromatic carbocycles. The molecule has 2 N–H and O–H groups in total. The minimum absolute atomic E-state index is 0. The Kier molecular flexibility index (Phi) is 5.57. The van der Waals surface area contributed by atoms with Crippen molar-refractivity contribution in [3.8, 4) is 0 Å². The summed E-state index contributed by atoms with van der Waals surface area (Å²) in [5.41, 5.74) is 1.25. The number of nitro benzene ring substituents is 1. The van der Waals surface area contributed by atoms with Crippen LogP contribution >= 0.6 is 44.3 Å². The van der Waals surface area contributed by atoms with Gasteiger partial charge < -0.3 is 15.2 Å². The van der Waals surface area contributed by atoms with Crippen molar-refractivity contribution in [2.45, 2.75) is 31.8 Å². The summed E-state index contributed by atoms with van der Waals surface area (Å²) in [6.45, 7) is 2.73. The molecule has 136 valence electrons. The number of nitrogens with one attached hydrogen (secondary N) is 2. The summed E-state index contributed by atoms with van der Waals surface area (Å²) in [6, 6.07) is 2.23. The van der Waals surface area contributed by atoms with Crippen LogP contribution in [0, 0.1) is 16.0 Å². The van der Waals surface area contributed by atoms with Gasteiger partial charge >= 0.3 is 5.69 Å². The molecule has 0 unspecified atom stereocenters. The van der Waals surface area contributed by atoms with Gasteiger partial charge in [-0.25, -0.2) is 4.98 Å². The molecule has 0 bridgehead atoms. The van der Waals surface area contributed by atoms with Gasteiger partial charge in [0.2, 0.25) is 5.95 Å². The highest BCUT2D eigenvalue weighted by atomic mass is 79.9. The number of anilines is 1. The molecule has 0 spiro atoms. The molecule has 0 amide bonds. The highest BCUT2D eigenvalue weighted by Crippen LogP contribution is 2.41. The van der Waals surface area contributed by atoms with Crippen LogP contribution in [0.25, 0.3) is 11.0 Å². The molecule has 1 saturated heterocycles. The molecule has 7 nitrogen and oxygen atoms in total. The maximum atomic E-state index is 11.6. The molecule has 1 aliphatic carbocycles. The van der Waals surface area contributed by atoms with Gasteiger partial charge in [-0.05, 0) is 69.7 Å². The summed E-state index contributed by atoms with van der Waals surface area (Å²) in [5.74, 6) is 1.38. The van der Waals surface area contributed by atoms with E-state index in [9.17, 15) is 10.1 Å². The topological polar surface area (TPSA) is 85.0 Å². The summed E-state index contributed by atoms with van der Waals surface area (Å²) in [4.78, 5) is 15.8. The minimum Gasteiger partial charge on any atom is -0.352 e. The summed E-state index contributed by atoms with van der Waals surface area (Å²) in [6.07, 6.45) is 3.45. The van der Waals surface area contributed by atoms with Gasteiger partial charge in [0.1, 0.15) is 4.47 Å². The summed E-state index contributed by atoms with van der Waals surface area (Å²) < 4.78 is 3.22. The van der Waals surface area contributed by atoms with E-state index >= 15 is 0 Å². The molecular formula is C15H18Br2ClN5O2. The molecule has 10 heteroatoms. The number of nitrogens with zero attached hydrogens (tertiary/aromatic N) is 3. The number of rotatable bonds is 5. The zero-order chi connectivity index (χ0) is 16.8. The fraction of sp³-hybridized carbons (Fsp3) is 0.533. The molecular weight excluding hydrogens is 477 g/mol. The van der Waals surface area contributed by atoms with Crippen LogP contribution in [0.3, 0.4) is 0 Å². The van der Waals surface area contributed by atoms with E-state index in [-0.39, 0.29) is 23.0 Å². The number of hydrogen-bond acceptors (Lipinski definition) is 5. The molecule has 2 aromatic rings. The Morgan fingerprint density at radius 2 is 2.16 bits per heavy atom. The second kappa shape index (κ2) is 7.38. The SMILES string of the molecule is Cl.O=[N+]([O-])c1c(Br)c(Br)cc2c1nc(N[C@@H]1CCNC1)n2CC1CC1. The Morgan fingerprint density at radius 1 is 1.40 bits per heavy atom. The van der Waals surface area contributed by atoms with E-state index in [4.69, 9.17) is 0 Å². The Bertz CT molecular complexity index is 818. The lowest BCUT2D eigenvalue weighted by molar-refractivity contribution is -0.384. The lowest BCUT2D eigenvalue weighted by atomic mass is 10.2. The van der Waals surface area contributed by atoms with Gasteiger partial charge in [-0.1, -0.05) is 0 Å². The number of aromatic nitrogens is 2. The minimum atomic E-state index is -0.369. The van der Waals surface area contributed by atoms with Crippen LogP contribution in [0.2, 0.25) is 0 Å². The second-order valence-electron chi connectivity index (χ2n) is 6.47. The molecule has 1 aromatic heterocycles. The molecule has 1 saturated carbocycles. The smallest absolute Gasteiger partial charge is 0.312 e. The molecule has 2 aliphatic rings. The van der Waals surface area contributed by atoms with E-state index in [2.05, 4.69) is 52.0 Å². The first-order valence-electron chi connectivity index (χ1n) is 8.04. The number of benzene rings is 1. The van der Waals surface area contributed by atoms with E-state index in [1.54, 1.807) is 0 Å². The van der Waals surface area contributed by atoms with Crippen molar-refractivity contribution < 1.29 is 4.92 Å². The molecule has 4 rings (SSSR count). The maximum absolute atomic E-state index is 11.6. The van der Waals surface area contributed by atoms with Crippen molar-refractivity contribution in [1.29, 1.82) is 0 Å². The zero-order valence-corrected chi connectivity index (χ0v) is 17.3. The standard InChI is InChI=1S/C15H17Br2N5O2.ClH/c16-10-5-11-13(14(12(10)17)22(23)24)20-15(19-9-3-4-18-6-9)21(11)7-8-1-2-8;/h5,8-9,18H,1-4,6-7H2,(H,19,20);1H/t9-;/m1./s1. The third kappa shape index (κ3) is 3.65. The fourth-order valence-electron chi connectivity index (χ4n) is 3.17. The average molecular weight is 496 g/mol. The van der Waals surface area contributed by atoms with Gasteiger partial charge in [-0.3, -0.25) is 10.1 Å². The van der Waals surface area contributed by atoms with Crippen LogP contribution in [-0.2, 0) is 6.54 Å². The van der Waals surface area contributed by atoms with E-state index in [1.165, 1.54) is 12.8 Å². The van der Waals surface area contributed by atoms with E-state index in [0.717, 1.165) is 37.5 Å². The summed E-state index contributed by atoms with van der Waals surface area (Å²) in [7, 11) is 0. The predicted octanol–water partition coefficient (Wildman–Crippen LogP) is 4.08. The zero-order valence-electron chi connectivity index (χ0n) is 13.3. The second-order valence-corrected chi connectivity index (χ2v) is 8.12. The number of fused-ring (bicyclic) bond motifs is 1. The summed E-state index contributed by atoms with van der Waals surface area (Å²) in [5, 5.41) is 18.4. The van der Waals surface area contributed by atoms with Crippen LogP contribution in [0.5, 0.6) is 0 Å². The monoisotopic (exact) mass is 493 g/mol. The van der Waals surface area contributed by atoms with Crippen molar-refractivity contribution >= 4 is 66.9 Å². The van der Waals surface area contributed by atoms with Crippen molar-refractivity contribution in [3.63, 3.8) is 0 Å².